The standard InChI is InChI=1S/C13H22N4O3S/c1-9-10(8-15-17-9)4-3-6-14-13(20)16-11(12(18)19)5-7-21-2/h8,11H,3-7H2,1-2H3,(H,15,17)(H,18,19)(H2,14,16,20). The number of hydrogen-bond donors (Lipinski definition) is 4. The van der Waals surface area contributed by atoms with Gasteiger partial charge in [-0.3, -0.25) is 5.10 Å². The van der Waals surface area contributed by atoms with E-state index in [1.54, 1.807) is 18.0 Å². The Kier molecular flexibility index (Phi) is 7.66. The first-order chi connectivity index (χ1) is 10.0. The lowest BCUT2D eigenvalue weighted by Crippen LogP contribution is -2.46. The summed E-state index contributed by atoms with van der Waals surface area (Å²) >= 11 is 1.55. The zero-order valence-corrected chi connectivity index (χ0v) is 13.1. The molecule has 0 spiro atoms. The summed E-state index contributed by atoms with van der Waals surface area (Å²) in [4.78, 5) is 22.6. The van der Waals surface area contributed by atoms with Crippen molar-refractivity contribution in [2.75, 3.05) is 18.6 Å². The molecule has 118 valence electrons. The van der Waals surface area contributed by atoms with Crippen LogP contribution in [0.3, 0.4) is 0 Å². The van der Waals surface area contributed by atoms with Crippen LogP contribution in [0.4, 0.5) is 4.79 Å². The van der Waals surface area contributed by atoms with Crippen molar-refractivity contribution in [2.24, 2.45) is 0 Å². The maximum atomic E-state index is 11.6. The number of carbonyl (C=O) groups is 2. The Bertz CT molecular complexity index is 464. The third kappa shape index (κ3) is 6.52. The molecule has 0 fully saturated rings. The van der Waals surface area contributed by atoms with Gasteiger partial charge in [0, 0.05) is 12.2 Å². The summed E-state index contributed by atoms with van der Waals surface area (Å²) < 4.78 is 0. The molecular formula is C13H22N4O3S. The normalized spacial score (nSPS) is 11.9. The van der Waals surface area contributed by atoms with Gasteiger partial charge in [0.1, 0.15) is 6.04 Å². The number of H-pyrrole nitrogens is 1. The van der Waals surface area contributed by atoms with E-state index in [2.05, 4.69) is 20.8 Å². The molecule has 21 heavy (non-hydrogen) atoms. The van der Waals surface area contributed by atoms with Gasteiger partial charge in [0.05, 0.1) is 6.20 Å². The summed E-state index contributed by atoms with van der Waals surface area (Å²) in [6.45, 7) is 2.44. The van der Waals surface area contributed by atoms with Crippen LogP contribution in [-0.4, -0.2) is 51.9 Å². The highest BCUT2D eigenvalue weighted by molar-refractivity contribution is 7.98. The van der Waals surface area contributed by atoms with Gasteiger partial charge in [-0.25, -0.2) is 9.59 Å². The molecule has 1 heterocycles. The first-order valence-corrected chi connectivity index (χ1v) is 8.19. The molecule has 0 saturated heterocycles. The molecule has 8 heteroatoms. The number of rotatable bonds is 9. The number of thioether (sulfide) groups is 1. The van der Waals surface area contributed by atoms with Gasteiger partial charge >= 0.3 is 12.0 Å². The summed E-state index contributed by atoms with van der Waals surface area (Å²) in [5.41, 5.74) is 2.16. The average Bonchev–Trinajstić information content (AvgIpc) is 2.84. The molecule has 0 aliphatic rings. The number of hydrogen-bond acceptors (Lipinski definition) is 4. The number of carboxylic acids is 1. The fourth-order valence-electron chi connectivity index (χ4n) is 1.81. The molecule has 0 aliphatic carbocycles. The number of urea groups is 1. The maximum Gasteiger partial charge on any atom is 0.326 e. The van der Waals surface area contributed by atoms with Crippen molar-refractivity contribution >= 4 is 23.8 Å². The lowest BCUT2D eigenvalue weighted by atomic mass is 10.1. The van der Waals surface area contributed by atoms with Gasteiger partial charge in [-0.15, -0.1) is 0 Å². The van der Waals surface area contributed by atoms with Gasteiger partial charge in [0.15, 0.2) is 0 Å². The Morgan fingerprint density at radius 3 is 2.86 bits per heavy atom. The summed E-state index contributed by atoms with van der Waals surface area (Å²) in [5.74, 6) is -0.315. The van der Waals surface area contributed by atoms with Gasteiger partial charge < -0.3 is 15.7 Å². The van der Waals surface area contributed by atoms with E-state index in [4.69, 9.17) is 5.11 Å². The summed E-state index contributed by atoms with van der Waals surface area (Å²) in [6.07, 6.45) is 5.68. The number of carboxylic acid groups (broad SMARTS) is 1. The highest BCUT2D eigenvalue weighted by Gasteiger charge is 2.18. The Labute approximate surface area is 128 Å². The lowest BCUT2D eigenvalue weighted by molar-refractivity contribution is -0.139. The SMILES string of the molecule is CSCCC(NC(=O)NCCCc1cn[nH]c1C)C(=O)O. The van der Waals surface area contributed by atoms with Gasteiger partial charge in [0.25, 0.3) is 0 Å². The summed E-state index contributed by atoms with van der Waals surface area (Å²) in [6, 6.07) is -1.28. The second kappa shape index (κ2) is 9.28. The number of carbonyl (C=O) groups excluding carboxylic acids is 1. The molecule has 0 radical (unpaired) electrons. The topological polar surface area (TPSA) is 107 Å². The molecule has 7 nitrogen and oxygen atoms in total. The number of aromatic amines is 1. The number of aliphatic carboxylic acids is 1. The largest absolute Gasteiger partial charge is 0.480 e. The molecule has 1 rings (SSSR count). The van der Waals surface area contributed by atoms with Crippen LogP contribution in [0.25, 0.3) is 0 Å². The van der Waals surface area contributed by atoms with Crippen LogP contribution in [0.1, 0.15) is 24.1 Å². The van der Waals surface area contributed by atoms with E-state index in [9.17, 15) is 9.59 Å². The fourth-order valence-corrected chi connectivity index (χ4v) is 2.28. The van der Waals surface area contributed by atoms with Crippen molar-refractivity contribution in [3.05, 3.63) is 17.5 Å². The van der Waals surface area contributed by atoms with Crippen LogP contribution in [0, 0.1) is 6.92 Å². The van der Waals surface area contributed by atoms with E-state index in [0.29, 0.717) is 18.7 Å². The van der Waals surface area contributed by atoms with Gasteiger partial charge in [-0.1, -0.05) is 0 Å². The zero-order chi connectivity index (χ0) is 15.7. The first-order valence-electron chi connectivity index (χ1n) is 6.79. The lowest BCUT2D eigenvalue weighted by Gasteiger charge is -2.14. The number of nitrogens with one attached hydrogen (secondary N) is 3. The Morgan fingerprint density at radius 1 is 1.52 bits per heavy atom. The van der Waals surface area contributed by atoms with Gasteiger partial charge in [-0.2, -0.15) is 16.9 Å². The van der Waals surface area contributed by atoms with Crippen molar-refractivity contribution in [1.82, 2.24) is 20.8 Å². The molecule has 1 aromatic heterocycles. The van der Waals surface area contributed by atoms with Crippen LogP contribution in [-0.2, 0) is 11.2 Å². The predicted molar refractivity (Wildman–Crippen MR) is 82.6 cm³/mol. The zero-order valence-electron chi connectivity index (χ0n) is 12.3. The van der Waals surface area contributed by atoms with Crippen LogP contribution in [0.2, 0.25) is 0 Å². The Morgan fingerprint density at radius 2 is 2.29 bits per heavy atom. The molecule has 0 bridgehead atoms. The molecule has 1 aromatic rings. The van der Waals surface area contributed by atoms with Crippen LogP contribution in [0.5, 0.6) is 0 Å². The summed E-state index contributed by atoms with van der Waals surface area (Å²) in [7, 11) is 0. The summed E-state index contributed by atoms with van der Waals surface area (Å²) in [5, 5.41) is 21.0. The smallest absolute Gasteiger partial charge is 0.326 e. The minimum atomic E-state index is -1.01. The second-order valence-corrected chi connectivity index (χ2v) is 5.68. The molecule has 0 aromatic carbocycles. The maximum absolute atomic E-state index is 11.6. The number of nitrogens with zero attached hydrogens (tertiary/aromatic N) is 1. The van der Waals surface area contributed by atoms with E-state index in [1.807, 2.05) is 13.2 Å². The third-order valence-electron chi connectivity index (χ3n) is 3.06. The van der Waals surface area contributed by atoms with Crippen molar-refractivity contribution < 1.29 is 14.7 Å². The minimum absolute atomic E-state index is 0.415. The highest BCUT2D eigenvalue weighted by Crippen LogP contribution is 2.05. The number of aryl methyl sites for hydroxylation is 2. The highest BCUT2D eigenvalue weighted by atomic mass is 32.2. The molecular weight excluding hydrogens is 292 g/mol. The molecule has 4 N–H and O–H groups in total. The monoisotopic (exact) mass is 314 g/mol. The second-order valence-electron chi connectivity index (χ2n) is 4.70. The van der Waals surface area contributed by atoms with E-state index in [1.165, 1.54) is 0 Å². The van der Waals surface area contributed by atoms with Gasteiger partial charge in [0.2, 0.25) is 0 Å². The van der Waals surface area contributed by atoms with E-state index < -0.39 is 18.0 Å². The van der Waals surface area contributed by atoms with Crippen LogP contribution in [0.15, 0.2) is 6.20 Å². The van der Waals surface area contributed by atoms with Crippen molar-refractivity contribution in [3.63, 3.8) is 0 Å². The predicted octanol–water partition coefficient (Wildman–Crippen LogP) is 1.16. The molecule has 1 atom stereocenters. The fraction of sp³-hybridized carbons (Fsp3) is 0.615. The van der Waals surface area contributed by atoms with Crippen LogP contribution >= 0.6 is 11.8 Å². The Balaban J connectivity index is 2.23. The minimum Gasteiger partial charge on any atom is -0.480 e. The molecule has 0 saturated carbocycles. The number of amides is 2. The average molecular weight is 314 g/mol. The number of aromatic nitrogens is 2. The van der Waals surface area contributed by atoms with E-state index in [0.717, 1.165) is 24.1 Å². The third-order valence-corrected chi connectivity index (χ3v) is 3.70. The molecule has 2 amide bonds. The van der Waals surface area contributed by atoms with Crippen molar-refractivity contribution in [3.8, 4) is 0 Å². The Hall–Kier alpha value is -1.70. The first kappa shape index (κ1) is 17.4. The van der Waals surface area contributed by atoms with Gasteiger partial charge in [-0.05, 0) is 43.8 Å². The van der Waals surface area contributed by atoms with Crippen LogP contribution < -0.4 is 10.6 Å². The quantitative estimate of drug-likeness (QED) is 0.512. The van der Waals surface area contributed by atoms with Crippen molar-refractivity contribution in [1.29, 1.82) is 0 Å². The van der Waals surface area contributed by atoms with E-state index in [-0.39, 0.29) is 0 Å². The molecule has 1 unspecified atom stereocenters. The van der Waals surface area contributed by atoms with Crippen molar-refractivity contribution in [2.45, 2.75) is 32.2 Å². The van der Waals surface area contributed by atoms with E-state index >= 15 is 0 Å². The molecule has 0 aliphatic heterocycles.